The number of hydrogen-bond donors (Lipinski definition) is 0. The van der Waals surface area contributed by atoms with E-state index in [1.807, 2.05) is 0 Å². The third-order valence-corrected chi connectivity index (χ3v) is 3.33. The molecule has 1 aromatic heterocycles. The third-order valence-electron chi connectivity index (χ3n) is 3.14. The summed E-state index contributed by atoms with van der Waals surface area (Å²) in [5, 5.41) is 0.00127. The molecule has 0 saturated heterocycles. The Hall–Kier alpha value is -1.82. The highest BCUT2D eigenvalue weighted by atomic mass is 35.5. The average molecular weight is 315 g/mol. The quantitative estimate of drug-likeness (QED) is 0.762. The van der Waals surface area contributed by atoms with Crippen LogP contribution in [0.4, 0.5) is 13.2 Å². The van der Waals surface area contributed by atoms with Gasteiger partial charge in [-0.15, -0.1) is 0 Å². The van der Waals surface area contributed by atoms with Gasteiger partial charge in [0, 0.05) is 11.8 Å². The summed E-state index contributed by atoms with van der Waals surface area (Å²) >= 11 is 5.73. The summed E-state index contributed by atoms with van der Waals surface area (Å²) in [5.74, 6) is 0.585. The molecular formula is C14H10ClF3N2O. The lowest BCUT2D eigenvalue weighted by molar-refractivity contribution is -0.137. The molecule has 0 N–H and O–H groups in total. The molecule has 110 valence electrons. The van der Waals surface area contributed by atoms with E-state index in [2.05, 4.69) is 9.97 Å². The molecule has 0 unspecified atom stereocenters. The van der Waals surface area contributed by atoms with Gasteiger partial charge in [-0.05, 0) is 48.6 Å². The molecule has 0 aliphatic heterocycles. The molecule has 1 aliphatic carbocycles. The smallest absolute Gasteiger partial charge is 0.416 e. The van der Waals surface area contributed by atoms with Crippen LogP contribution in [0.2, 0.25) is 5.28 Å². The molecule has 21 heavy (non-hydrogen) atoms. The molecule has 1 heterocycles. The van der Waals surface area contributed by atoms with Crippen LogP contribution in [0.25, 0.3) is 0 Å². The van der Waals surface area contributed by atoms with Crippen molar-refractivity contribution in [3.63, 3.8) is 0 Å². The van der Waals surface area contributed by atoms with Crippen LogP contribution < -0.4 is 4.74 Å². The molecule has 3 rings (SSSR count). The number of rotatable bonds is 3. The molecule has 0 radical (unpaired) electrons. The van der Waals surface area contributed by atoms with Crippen molar-refractivity contribution in [1.29, 1.82) is 0 Å². The Bertz CT molecular complexity index is 672. The second-order valence-corrected chi connectivity index (χ2v) is 5.14. The summed E-state index contributed by atoms with van der Waals surface area (Å²) in [6.07, 6.45) is -0.869. The van der Waals surface area contributed by atoms with Gasteiger partial charge in [0.25, 0.3) is 0 Å². The van der Waals surface area contributed by atoms with E-state index in [-0.39, 0.29) is 16.9 Å². The van der Waals surface area contributed by atoms with Crippen molar-refractivity contribution in [3.8, 4) is 11.6 Å². The Labute approximate surface area is 123 Å². The van der Waals surface area contributed by atoms with E-state index in [1.165, 1.54) is 12.1 Å². The molecule has 0 amide bonds. The lowest BCUT2D eigenvalue weighted by Crippen LogP contribution is -2.05. The molecule has 0 spiro atoms. The minimum atomic E-state index is -4.41. The van der Waals surface area contributed by atoms with E-state index in [1.54, 1.807) is 6.20 Å². The fraction of sp³-hybridized carbons (Fsp3) is 0.286. The van der Waals surface area contributed by atoms with Crippen molar-refractivity contribution in [2.75, 3.05) is 0 Å². The molecule has 1 aliphatic rings. The van der Waals surface area contributed by atoms with E-state index >= 15 is 0 Å². The zero-order valence-corrected chi connectivity index (χ0v) is 11.4. The van der Waals surface area contributed by atoms with Gasteiger partial charge in [-0.1, -0.05) is 6.07 Å². The van der Waals surface area contributed by atoms with Crippen LogP contribution in [0.1, 0.15) is 29.9 Å². The Balaban J connectivity index is 1.92. The standard InChI is InChI=1S/C14H10ClF3N2O/c15-13-19-7-11(8-4-5-8)12(20-13)21-10-3-1-2-9(6-10)14(16,17)18/h1-3,6-8H,4-5H2. The average Bonchev–Trinajstić information content (AvgIpc) is 3.23. The van der Waals surface area contributed by atoms with Gasteiger partial charge in [0.1, 0.15) is 5.75 Å². The van der Waals surface area contributed by atoms with Gasteiger partial charge >= 0.3 is 6.18 Å². The SMILES string of the molecule is FC(F)(F)c1cccc(Oc2nc(Cl)ncc2C2CC2)c1. The Morgan fingerprint density at radius 1 is 1.24 bits per heavy atom. The number of halogens is 4. The largest absolute Gasteiger partial charge is 0.439 e. The van der Waals surface area contributed by atoms with Crippen molar-refractivity contribution in [1.82, 2.24) is 9.97 Å². The summed E-state index contributed by atoms with van der Waals surface area (Å²) in [6, 6.07) is 4.66. The Morgan fingerprint density at radius 3 is 2.67 bits per heavy atom. The summed E-state index contributed by atoms with van der Waals surface area (Å²) < 4.78 is 43.5. The van der Waals surface area contributed by atoms with E-state index in [9.17, 15) is 13.2 Å². The van der Waals surface area contributed by atoms with Crippen molar-refractivity contribution in [3.05, 3.63) is 46.9 Å². The van der Waals surface area contributed by atoms with E-state index in [0.29, 0.717) is 5.92 Å². The zero-order valence-electron chi connectivity index (χ0n) is 10.7. The van der Waals surface area contributed by atoms with Gasteiger partial charge in [-0.3, -0.25) is 0 Å². The summed E-state index contributed by atoms with van der Waals surface area (Å²) in [7, 11) is 0. The molecule has 2 aromatic rings. The highest BCUT2D eigenvalue weighted by Crippen LogP contribution is 2.44. The minimum absolute atomic E-state index is 0.00127. The van der Waals surface area contributed by atoms with Crippen molar-refractivity contribution in [2.24, 2.45) is 0 Å². The molecule has 1 saturated carbocycles. The number of nitrogens with zero attached hydrogens (tertiary/aromatic N) is 2. The molecule has 0 atom stereocenters. The van der Waals surface area contributed by atoms with Crippen LogP contribution in [0.3, 0.4) is 0 Å². The second kappa shape index (κ2) is 5.18. The first-order chi connectivity index (χ1) is 9.93. The molecule has 0 bridgehead atoms. The number of aromatic nitrogens is 2. The third kappa shape index (κ3) is 3.26. The van der Waals surface area contributed by atoms with Gasteiger partial charge in [0.2, 0.25) is 11.2 Å². The Morgan fingerprint density at radius 2 is 2.00 bits per heavy atom. The van der Waals surface area contributed by atoms with Crippen LogP contribution in [0.5, 0.6) is 11.6 Å². The molecule has 1 fully saturated rings. The van der Waals surface area contributed by atoms with Crippen LogP contribution in [-0.4, -0.2) is 9.97 Å². The van der Waals surface area contributed by atoms with Crippen LogP contribution in [0.15, 0.2) is 30.5 Å². The number of ether oxygens (including phenoxy) is 1. The first-order valence-electron chi connectivity index (χ1n) is 6.31. The fourth-order valence-electron chi connectivity index (χ4n) is 1.96. The van der Waals surface area contributed by atoms with E-state index in [4.69, 9.17) is 16.3 Å². The fourth-order valence-corrected chi connectivity index (χ4v) is 2.08. The maximum absolute atomic E-state index is 12.7. The van der Waals surface area contributed by atoms with E-state index < -0.39 is 11.7 Å². The summed E-state index contributed by atoms with van der Waals surface area (Å²) in [5.41, 5.74) is 0.00457. The van der Waals surface area contributed by atoms with Crippen LogP contribution in [0, 0.1) is 0 Å². The maximum atomic E-state index is 12.7. The molecule has 7 heteroatoms. The zero-order chi connectivity index (χ0) is 15.0. The van der Waals surface area contributed by atoms with Crippen LogP contribution in [-0.2, 0) is 6.18 Å². The van der Waals surface area contributed by atoms with Gasteiger partial charge in [0.05, 0.1) is 5.56 Å². The predicted octanol–water partition coefficient (Wildman–Crippen LogP) is 4.82. The normalized spacial score (nSPS) is 15.0. The molecular weight excluding hydrogens is 305 g/mol. The van der Waals surface area contributed by atoms with Gasteiger partial charge < -0.3 is 4.74 Å². The van der Waals surface area contributed by atoms with Gasteiger partial charge in [-0.2, -0.15) is 18.2 Å². The molecule has 1 aromatic carbocycles. The number of alkyl halides is 3. The minimum Gasteiger partial charge on any atom is -0.439 e. The summed E-state index contributed by atoms with van der Waals surface area (Å²) in [6.45, 7) is 0. The monoisotopic (exact) mass is 314 g/mol. The molecule has 3 nitrogen and oxygen atoms in total. The van der Waals surface area contributed by atoms with Crippen molar-refractivity contribution in [2.45, 2.75) is 24.9 Å². The maximum Gasteiger partial charge on any atom is 0.416 e. The lowest BCUT2D eigenvalue weighted by Gasteiger charge is -2.11. The first-order valence-corrected chi connectivity index (χ1v) is 6.69. The van der Waals surface area contributed by atoms with Crippen molar-refractivity contribution < 1.29 is 17.9 Å². The highest BCUT2D eigenvalue weighted by Gasteiger charge is 2.31. The van der Waals surface area contributed by atoms with Gasteiger partial charge in [-0.25, -0.2) is 4.98 Å². The van der Waals surface area contributed by atoms with Gasteiger partial charge in [0.15, 0.2) is 0 Å². The number of hydrogen-bond acceptors (Lipinski definition) is 3. The van der Waals surface area contributed by atoms with Crippen molar-refractivity contribution >= 4 is 11.6 Å². The van der Waals surface area contributed by atoms with E-state index in [0.717, 1.165) is 30.5 Å². The highest BCUT2D eigenvalue weighted by molar-refractivity contribution is 6.28. The Kier molecular flexibility index (Phi) is 3.49. The predicted molar refractivity (Wildman–Crippen MR) is 70.5 cm³/mol. The first kappa shape index (κ1) is 14.1. The topological polar surface area (TPSA) is 35.0 Å². The lowest BCUT2D eigenvalue weighted by atomic mass is 10.2. The van der Waals surface area contributed by atoms with Crippen LogP contribution >= 0.6 is 11.6 Å². The number of benzene rings is 1. The second-order valence-electron chi connectivity index (χ2n) is 4.80. The summed E-state index contributed by atoms with van der Waals surface area (Å²) in [4.78, 5) is 7.87.